The van der Waals surface area contributed by atoms with Crippen molar-refractivity contribution in [1.29, 1.82) is 0 Å². The molecule has 1 aliphatic rings. The van der Waals surface area contributed by atoms with Crippen LogP contribution in [0, 0.1) is 5.82 Å². The zero-order valence-electron chi connectivity index (χ0n) is 7.92. The van der Waals surface area contributed by atoms with E-state index in [0.717, 1.165) is 17.7 Å². The zero-order chi connectivity index (χ0) is 9.42. The molecular formula is C10H13ClFNO. The van der Waals surface area contributed by atoms with Crippen molar-refractivity contribution >= 4 is 12.4 Å². The van der Waals surface area contributed by atoms with E-state index in [0.29, 0.717) is 12.2 Å². The number of hydrogen-bond acceptors (Lipinski definition) is 2. The van der Waals surface area contributed by atoms with Crippen LogP contribution in [0.4, 0.5) is 4.39 Å². The average Bonchev–Trinajstić information content (AvgIpc) is 2.50. The predicted octanol–water partition coefficient (Wildman–Crippen LogP) is 2.20. The van der Waals surface area contributed by atoms with Crippen LogP contribution in [0.1, 0.15) is 24.1 Å². The highest BCUT2D eigenvalue weighted by Crippen LogP contribution is 2.32. The average molecular weight is 218 g/mol. The number of fused-ring (bicyclic) bond motifs is 1. The maximum absolute atomic E-state index is 13.4. The summed E-state index contributed by atoms with van der Waals surface area (Å²) in [6.45, 7) is 2.43. The van der Waals surface area contributed by atoms with E-state index in [1.54, 1.807) is 13.0 Å². The van der Waals surface area contributed by atoms with E-state index in [9.17, 15) is 4.39 Å². The fourth-order valence-corrected chi connectivity index (χ4v) is 1.76. The van der Waals surface area contributed by atoms with E-state index in [1.165, 1.54) is 6.07 Å². The number of benzene rings is 1. The minimum absolute atomic E-state index is 0. The summed E-state index contributed by atoms with van der Waals surface area (Å²) in [5.74, 6) is 0.563. The molecule has 1 atom stereocenters. The van der Waals surface area contributed by atoms with E-state index >= 15 is 0 Å². The summed E-state index contributed by atoms with van der Waals surface area (Å²) in [4.78, 5) is 0. The van der Waals surface area contributed by atoms with Crippen molar-refractivity contribution < 1.29 is 9.13 Å². The summed E-state index contributed by atoms with van der Waals surface area (Å²) in [6.07, 6.45) is 0.768. The Labute approximate surface area is 88.7 Å². The van der Waals surface area contributed by atoms with Crippen molar-refractivity contribution in [3.8, 4) is 5.75 Å². The highest BCUT2D eigenvalue weighted by Gasteiger charge is 2.21. The summed E-state index contributed by atoms with van der Waals surface area (Å²) >= 11 is 0. The van der Waals surface area contributed by atoms with Gasteiger partial charge in [-0.25, -0.2) is 4.39 Å². The first-order valence-corrected chi connectivity index (χ1v) is 4.40. The van der Waals surface area contributed by atoms with Crippen molar-refractivity contribution in [3.63, 3.8) is 0 Å². The van der Waals surface area contributed by atoms with Gasteiger partial charge in [-0.1, -0.05) is 0 Å². The van der Waals surface area contributed by atoms with E-state index in [4.69, 9.17) is 10.5 Å². The molecule has 1 heterocycles. The quantitative estimate of drug-likeness (QED) is 0.783. The summed E-state index contributed by atoms with van der Waals surface area (Å²) in [5.41, 5.74) is 7.24. The number of rotatable bonds is 1. The number of ether oxygens (including phenoxy) is 1. The predicted molar refractivity (Wildman–Crippen MR) is 55.4 cm³/mol. The number of hydrogen-bond donors (Lipinski definition) is 1. The molecule has 2 nitrogen and oxygen atoms in total. The van der Waals surface area contributed by atoms with Gasteiger partial charge in [-0.2, -0.15) is 0 Å². The van der Waals surface area contributed by atoms with Crippen molar-refractivity contribution in [3.05, 3.63) is 29.1 Å². The topological polar surface area (TPSA) is 35.2 Å². The molecule has 0 spiro atoms. The van der Waals surface area contributed by atoms with Gasteiger partial charge >= 0.3 is 0 Å². The first-order valence-electron chi connectivity index (χ1n) is 4.40. The molecule has 0 saturated heterocycles. The Balaban J connectivity index is 0.000000980. The standard InChI is InChI=1S/C10H12FNO.ClH/c1-6(12)10-7-4-5-13-9(7)3-2-8(10)11;/h2-3,6H,4-5,12H2,1H3;1H/t6-;/m0./s1. The van der Waals surface area contributed by atoms with Crippen LogP contribution in [-0.2, 0) is 6.42 Å². The Morgan fingerprint density at radius 3 is 2.86 bits per heavy atom. The Morgan fingerprint density at radius 1 is 1.50 bits per heavy atom. The minimum atomic E-state index is -0.267. The molecule has 78 valence electrons. The van der Waals surface area contributed by atoms with E-state index in [-0.39, 0.29) is 24.3 Å². The van der Waals surface area contributed by atoms with E-state index in [2.05, 4.69) is 0 Å². The molecule has 0 saturated carbocycles. The lowest BCUT2D eigenvalue weighted by atomic mass is 9.99. The fourth-order valence-electron chi connectivity index (χ4n) is 1.76. The van der Waals surface area contributed by atoms with Crippen molar-refractivity contribution in [2.24, 2.45) is 5.73 Å². The molecule has 0 fully saturated rings. The van der Waals surface area contributed by atoms with Gasteiger partial charge in [0.05, 0.1) is 6.61 Å². The maximum Gasteiger partial charge on any atom is 0.128 e. The maximum atomic E-state index is 13.4. The molecule has 0 aliphatic carbocycles. The van der Waals surface area contributed by atoms with Crippen molar-refractivity contribution in [1.82, 2.24) is 0 Å². The lowest BCUT2D eigenvalue weighted by molar-refractivity contribution is 0.356. The van der Waals surface area contributed by atoms with Crippen LogP contribution in [0.15, 0.2) is 12.1 Å². The lowest BCUT2D eigenvalue weighted by Crippen LogP contribution is -2.10. The van der Waals surface area contributed by atoms with Gasteiger partial charge in [0.15, 0.2) is 0 Å². The van der Waals surface area contributed by atoms with Crippen LogP contribution in [0.25, 0.3) is 0 Å². The summed E-state index contributed by atoms with van der Waals surface area (Å²) in [7, 11) is 0. The summed E-state index contributed by atoms with van der Waals surface area (Å²) < 4.78 is 18.7. The first-order chi connectivity index (χ1) is 6.20. The van der Waals surface area contributed by atoms with Gasteiger partial charge in [0, 0.05) is 23.6 Å². The Hall–Kier alpha value is -0.800. The second-order valence-corrected chi connectivity index (χ2v) is 3.32. The molecule has 0 amide bonds. The molecule has 0 radical (unpaired) electrons. The SMILES string of the molecule is C[C@H](N)c1c(F)ccc2c1CCO2.Cl. The van der Waals surface area contributed by atoms with Gasteiger partial charge in [-0.15, -0.1) is 12.4 Å². The van der Waals surface area contributed by atoms with E-state index < -0.39 is 0 Å². The molecule has 14 heavy (non-hydrogen) atoms. The van der Waals surface area contributed by atoms with Crippen LogP contribution >= 0.6 is 12.4 Å². The number of halogens is 2. The molecule has 1 aromatic rings. The molecular weight excluding hydrogens is 205 g/mol. The van der Waals surface area contributed by atoms with Gasteiger partial charge in [0.2, 0.25) is 0 Å². The van der Waals surface area contributed by atoms with Gasteiger partial charge in [0.1, 0.15) is 11.6 Å². The molecule has 1 aliphatic heterocycles. The Bertz CT molecular complexity index is 341. The first kappa shape index (κ1) is 11.3. The van der Waals surface area contributed by atoms with Crippen LogP contribution in [0.3, 0.4) is 0 Å². The van der Waals surface area contributed by atoms with Crippen LogP contribution < -0.4 is 10.5 Å². The van der Waals surface area contributed by atoms with Crippen molar-refractivity contribution in [2.45, 2.75) is 19.4 Å². The molecule has 0 unspecified atom stereocenters. The molecule has 4 heteroatoms. The van der Waals surface area contributed by atoms with Crippen LogP contribution in [0.2, 0.25) is 0 Å². The summed E-state index contributed by atoms with van der Waals surface area (Å²) in [6, 6.07) is 2.82. The Morgan fingerprint density at radius 2 is 2.21 bits per heavy atom. The second-order valence-electron chi connectivity index (χ2n) is 3.32. The lowest BCUT2D eigenvalue weighted by Gasteiger charge is -2.11. The van der Waals surface area contributed by atoms with Crippen LogP contribution in [-0.4, -0.2) is 6.61 Å². The van der Waals surface area contributed by atoms with Gasteiger partial charge in [-0.05, 0) is 19.1 Å². The molecule has 1 aromatic carbocycles. The smallest absolute Gasteiger partial charge is 0.128 e. The molecule has 0 aromatic heterocycles. The van der Waals surface area contributed by atoms with Gasteiger partial charge in [0.25, 0.3) is 0 Å². The normalized spacial score (nSPS) is 15.4. The van der Waals surface area contributed by atoms with E-state index in [1.807, 2.05) is 0 Å². The van der Waals surface area contributed by atoms with Gasteiger partial charge < -0.3 is 10.5 Å². The largest absolute Gasteiger partial charge is 0.493 e. The van der Waals surface area contributed by atoms with Gasteiger partial charge in [-0.3, -0.25) is 0 Å². The third kappa shape index (κ3) is 1.70. The zero-order valence-corrected chi connectivity index (χ0v) is 8.73. The highest BCUT2D eigenvalue weighted by molar-refractivity contribution is 5.85. The monoisotopic (exact) mass is 217 g/mol. The second kappa shape index (κ2) is 4.15. The third-order valence-corrected chi connectivity index (χ3v) is 2.33. The molecule has 2 rings (SSSR count). The Kier molecular flexibility index (Phi) is 3.34. The fraction of sp³-hybridized carbons (Fsp3) is 0.400. The highest BCUT2D eigenvalue weighted by atomic mass is 35.5. The molecule has 2 N–H and O–H groups in total. The third-order valence-electron chi connectivity index (χ3n) is 2.33. The summed E-state index contributed by atoms with van der Waals surface area (Å²) in [5, 5.41) is 0. The number of nitrogens with two attached hydrogens (primary N) is 1. The van der Waals surface area contributed by atoms with Crippen molar-refractivity contribution in [2.75, 3.05) is 6.61 Å². The molecule has 0 bridgehead atoms. The minimum Gasteiger partial charge on any atom is -0.493 e. The van der Waals surface area contributed by atoms with Crippen LogP contribution in [0.5, 0.6) is 5.75 Å².